The molecule has 0 aromatic heterocycles. The van der Waals surface area contributed by atoms with E-state index in [-0.39, 0.29) is 23.8 Å². The van der Waals surface area contributed by atoms with Crippen LogP contribution in [-0.4, -0.2) is 30.3 Å². The first-order chi connectivity index (χ1) is 9.92. The Balaban J connectivity index is 3.11. The smallest absolute Gasteiger partial charge is 0.323 e. The lowest BCUT2D eigenvalue weighted by atomic mass is 9.95. The molecule has 1 N–H and O–H groups in total. The second kappa shape index (κ2) is 7.95. The lowest BCUT2D eigenvalue weighted by Crippen LogP contribution is -2.33. The molecule has 1 aromatic rings. The number of aliphatic hydroxyl groups excluding tert-OH is 1. The second-order valence-electron chi connectivity index (χ2n) is 4.09. The Morgan fingerprint density at radius 1 is 1.24 bits per heavy atom. The van der Waals surface area contributed by atoms with E-state index in [2.05, 4.69) is 0 Å². The molecule has 5 nitrogen and oxygen atoms in total. The number of aliphatic hydroxyl groups is 1. The Hall–Kier alpha value is -1.66. The SMILES string of the molecule is CCOC(=O)C(C(=O)OCC)C(O)c1ccc(F)cc1Cl. The molecule has 0 aliphatic carbocycles. The quantitative estimate of drug-likeness (QED) is 0.643. The fourth-order valence-corrected chi connectivity index (χ4v) is 2.02. The lowest BCUT2D eigenvalue weighted by Gasteiger charge is -2.20. The fourth-order valence-electron chi connectivity index (χ4n) is 1.74. The van der Waals surface area contributed by atoms with Crippen LogP contribution in [-0.2, 0) is 19.1 Å². The summed E-state index contributed by atoms with van der Waals surface area (Å²) in [5.41, 5.74) is 0.0455. The molecular weight excluding hydrogens is 303 g/mol. The van der Waals surface area contributed by atoms with Crippen LogP contribution in [0.25, 0.3) is 0 Å². The van der Waals surface area contributed by atoms with Crippen LogP contribution < -0.4 is 0 Å². The maximum atomic E-state index is 13.0. The molecule has 21 heavy (non-hydrogen) atoms. The first-order valence-electron chi connectivity index (χ1n) is 6.38. The van der Waals surface area contributed by atoms with Crippen molar-refractivity contribution >= 4 is 23.5 Å². The van der Waals surface area contributed by atoms with Gasteiger partial charge in [0.15, 0.2) is 5.92 Å². The van der Waals surface area contributed by atoms with Gasteiger partial charge in [0.2, 0.25) is 0 Å². The Morgan fingerprint density at radius 2 is 1.76 bits per heavy atom. The van der Waals surface area contributed by atoms with Crippen LogP contribution in [0.5, 0.6) is 0 Å². The standard InChI is InChI=1S/C14H16ClFO5/c1-3-20-13(18)11(14(19)21-4-2)12(17)9-6-5-8(16)7-10(9)15/h5-7,11-12,17H,3-4H2,1-2H3. The maximum Gasteiger partial charge on any atom is 0.323 e. The highest BCUT2D eigenvalue weighted by Crippen LogP contribution is 2.30. The van der Waals surface area contributed by atoms with E-state index in [9.17, 15) is 19.1 Å². The Bertz CT molecular complexity index is 502. The Kier molecular flexibility index (Phi) is 6.58. The first-order valence-corrected chi connectivity index (χ1v) is 6.76. The summed E-state index contributed by atoms with van der Waals surface area (Å²) in [6.45, 7) is 3.21. The number of hydrogen-bond acceptors (Lipinski definition) is 5. The van der Waals surface area contributed by atoms with Gasteiger partial charge in [0.05, 0.1) is 13.2 Å². The normalized spacial score (nSPS) is 12.1. The highest BCUT2D eigenvalue weighted by Gasteiger charge is 2.38. The zero-order chi connectivity index (χ0) is 16.0. The van der Waals surface area contributed by atoms with E-state index in [1.54, 1.807) is 13.8 Å². The van der Waals surface area contributed by atoms with Crippen LogP contribution in [0.15, 0.2) is 18.2 Å². The molecule has 1 aromatic carbocycles. The van der Waals surface area contributed by atoms with Gasteiger partial charge in [-0.05, 0) is 26.0 Å². The van der Waals surface area contributed by atoms with Crippen LogP contribution in [0.2, 0.25) is 5.02 Å². The molecule has 1 rings (SSSR count). The van der Waals surface area contributed by atoms with Gasteiger partial charge in [-0.3, -0.25) is 9.59 Å². The number of carbonyl (C=O) groups is 2. The van der Waals surface area contributed by atoms with Gasteiger partial charge in [0, 0.05) is 10.6 Å². The fraction of sp³-hybridized carbons (Fsp3) is 0.429. The summed E-state index contributed by atoms with van der Waals surface area (Å²) in [7, 11) is 0. The highest BCUT2D eigenvalue weighted by atomic mass is 35.5. The number of hydrogen-bond donors (Lipinski definition) is 1. The van der Waals surface area contributed by atoms with E-state index in [4.69, 9.17) is 21.1 Å². The van der Waals surface area contributed by atoms with Gasteiger partial charge in [0.1, 0.15) is 11.9 Å². The summed E-state index contributed by atoms with van der Waals surface area (Å²) in [4.78, 5) is 23.7. The lowest BCUT2D eigenvalue weighted by molar-refractivity contribution is -0.167. The van der Waals surface area contributed by atoms with E-state index in [0.717, 1.165) is 12.1 Å². The molecule has 0 spiro atoms. The predicted octanol–water partition coefficient (Wildman–Crippen LogP) is 2.25. The summed E-state index contributed by atoms with van der Waals surface area (Å²) in [6, 6.07) is 3.25. The van der Waals surface area contributed by atoms with Gasteiger partial charge >= 0.3 is 11.9 Å². The molecule has 1 atom stereocenters. The zero-order valence-corrected chi connectivity index (χ0v) is 12.4. The summed E-state index contributed by atoms with van der Waals surface area (Å²) < 4.78 is 22.5. The van der Waals surface area contributed by atoms with Crippen LogP contribution in [0.1, 0.15) is 25.5 Å². The largest absolute Gasteiger partial charge is 0.465 e. The highest BCUT2D eigenvalue weighted by molar-refractivity contribution is 6.31. The number of ether oxygens (including phenoxy) is 2. The Morgan fingerprint density at radius 3 is 2.19 bits per heavy atom. The molecule has 0 aliphatic rings. The van der Waals surface area contributed by atoms with Crippen molar-refractivity contribution in [1.82, 2.24) is 0 Å². The van der Waals surface area contributed by atoms with E-state index in [1.165, 1.54) is 6.07 Å². The summed E-state index contributed by atoms with van der Waals surface area (Å²) in [5, 5.41) is 10.1. The zero-order valence-electron chi connectivity index (χ0n) is 11.6. The van der Waals surface area contributed by atoms with Gasteiger partial charge in [-0.25, -0.2) is 4.39 Å². The molecule has 116 valence electrons. The molecule has 0 bridgehead atoms. The maximum absolute atomic E-state index is 13.0. The number of halogens is 2. The monoisotopic (exact) mass is 318 g/mol. The van der Waals surface area contributed by atoms with Crippen molar-refractivity contribution in [3.8, 4) is 0 Å². The Labute approximate surface area is 126 Å². The van der Waals surface area contributed by atoms with Crippen LogP contribution in [0.4, 0.5) is 4.39 Å². The van der Waals surface area contributed by atoms with Crippen molar-refractivity contribution in [1.29, 1.82) is 0 Å². The van der Waals surface area contributed by atoms with Gasteiger partial charge < -0.3 is 14.6 Å². The summed E-state index contributed by atoms with van der Waals surface area (Å²) in [5.74, 6) is -4.03. The van der Waals surface area contributed by atoms with E-state index < -0.39 is 29.8 Å². The molecule has 0 saturated heterocycles. The van der Waals surface area contributed by atoms with Gasteiger partial charge in [-0.15, -0.1) is 0 Å². The minimum absolute atomic E-state index is 0.0403. The van der Waals surface area contributed by atoms with Crippen molar-refractivity contribution in [3.63, 3.8) is 0 Å². The van der Waals surface area contributed by atoms with Crippen LogP contribution in [0, 0.1) is 11.7 Å². The topological polar surface area (TPSA) is 72.8 Å². The van der Waals surface area contributed by atoms with Crippen molar-refractivity contribution in [3.05, 3.63) is 34.6 Å². The van der Waals surface area contributed by atoms with Crippen LogP contribution >= 0.6 is 11.6 Å². The van der Waals surface area contributed by atoms with E-state index in [1.807, 2.05) is 0 Å². The third-order valence-electron chi connectivity index (χ3n) is 2.68. The van der Waals surface area contributed by atoms with Gasteiger partial charge in [-0.2, -0.15) is 0 Å². The molecule has 0 fully saturated rings. The molecule has 0 heterocycles. The molecule has 7 heteroatoms. The minimum Gasteiger partial charge on any atom is -0.465 e. The number of carbonyl (C=O) groups excluding carboxylic acids is 2. The molecule has 1 unspecified atom stereocenters. The van der Waals surface area contributed by atoms with E-state index >= 15 is 0 Å². The molecular formula is C14H16ClFO5. The van der Waals surface area contributed by atoms with Crippen molar-refractivity contribution in [2.75, 3.05) is 13.2 Å². The molecule has 0 aliphatic heterocycles. The minimum atomic E-state index is -1.59. The average Bonchev–Trinajstić information content (AvgIpc) is 2.39. The third kappa shape index (κ3) is 4.41. The number of esters is 2. The average molecular weight is 319 g/mol. The first kappa shape index (κ1) is 17.4. The number of benzene rings is 1. The molecule has 0 saturated carbocycles. The summed E-state index contributed by atoms with van der Waals surface area (Å²) in [6.07, 6.45) is -1.59. The molecule has 0 radical (unpaired) electrons. The van der Waals surface area contributed by atoms with E-state index in [0.29, 0.717) is 0 Å². The predicted molar refractivity (Wildman–Crippen MR) is 73.1 cm³/mol. The van der Waals surface area contributed by atoms with Gasteiger partial charge in [0.25, 0.3) is 0 Å². The summed E-state index contributed by atoms with van der Waals surface area (Å²) >= 11 is 5.83. The van der Waals surface area contributed by atoms with Gasteiger partial charge in [-0.1, -0.05) is 17.7 Å². The van der Waals surface area contributed by atoms with Crippen molar-refractivity contribution in [2.24, 2.45) is 5.92 Å². The van der Waals surface area contributed by atoms with Crippen LogP contribution in [0.3, 0.4) is 0 Å². The molecule has 0 amide bonds. The number of rotatable bonds is 6. The third-order valence-corrected chi connectivity index (χ3v) is 3.01. The van der Waals surface area contributed by atoms with Crippen molar-refractivity contribution < 1.29 is 28.6 Å². The second-order valence-corrected chi connectivity index (χ2v) is 4.50. The van der Waals surface area contributed by atoms with Crippen molar-refractivity contribution in [2.45, 2.75) is 20.0 Å².